The van der Waals surface area contributed by atoms with Gasteiger partial charge in [-0.25, -0.2) is 4.79 Å². The van der Waals surface area contributed by atoms with Gasteiger partial charge >= 0.3 is 5.97 Å². The van der Waals surface area contributed by atoms with Crippen LogP contribution >= 0.6 is 11.6 Å². The lowest BCUT2D eigenvalue weighted by Crippen LogP contribution is -2.29. The zero-order valence-corrected chi connectivity index (χ0v) is 18.5. The molecule has 2 aromatic carbocycles. The summed E-state index contributed by atoms with van der Waals surface area (Å²) in [4.78, 5) is 28.5. The van der Waals surface area contributed by atoms with E-state index in [1.165, 1.54) is 25.1 Å². The van der Waals surface area contributed by atoms with E-state index in [2.05, 4.69) is 10.3 Å². The number of rotatable bonds is 8. The molecule has 1 heterocycles. The van der Waals surface area contributed by atoms with Gasteiger partial charge in [0.15, 0.2) is 6.10 Å². The first-order valence-electron chi connectivity index (χ1n) is 9.96. The van der Waals surface area contributed by atoms with Gasteiger partial charge < -0.3 is 14.8 Å². The van der Waals surface area contributed by atoms with Crippen LogP contribution in [0.1, 0.15) is 23.7 Å². The number of nitrogens with one attached hydrogen (secondary N) is 1. The molecule has 0 spiro atoms. The van der Waals surface area contributed by atoms with Gasteiger partial charge in [0, 0.05) is 18.0 Å². The summed E-state index contributed by atoms with van der Waals surface area (Å²) in [7, 11) is 0. The van der Waals surface area contributed by atoms with Crippen LogP contribution < -0.4 is 10.1 Å². The average molecular weight is 462 g/mol. The predicted molar refractivity (Wildman–Crippen MR) is 124 cm³/mol. The van der Waals surface area contributed by atoms with Crippen molar-refractivity contribution in [1.29, 1.82) is 5.26 Å². The van der Waals surface area contributed by atoms with Gasteiger partial charge in [0.2, 0.25) is 0 Å². The lowest BCUT2D eigenvalue weighted by Gasteiger charge is -2.12. The molecule has 3 aromatic rings. The van der Waals surface area contributed by atoms with Gasteiger partial charge in [0.05, 0.1) is 16.3 Å². The number of hydrogen-bond acceptors (Lipinski definition) is 6. The number of amides is 1. The number of halogens is 1. The van der Waals surface area contributed by atoms with Crippen molar-refractivity contribution in [3.05, 3.63) is 94.8 Å². The minimum Gasteiger partial charge on any atom is -0.487 e. The molecule has 166 valence electrons. The molecule has 1 unspecified atom stereocenters. The minimum absolute atomic E-state index is 0.219. The van der Waals surface area contributed by atoms with Gasteiger partial charge in [0.25, 0.3) is 5.91 Å². The summed E-state index contributed by atoms with van der Waals surface area (Å²) in [5.74, 6) is -0.508. The smallest absolute Gasteiger partial charge is 0.331 e. The van der Waals surface area contributed by atoms with Crippen LogP contribution in [0.15, 0.2) is 72.9 Å². The van der Waals surface area contributed by atoms with E-state index < -0.39 is 18.0 Å². The Hall–Kier alpha value is -4.15. The summed E-state index contributed by atoms with van der Waals surface area (Å²) in [5.41, 5.74) is 2.28. The summed E-state index contributed by atoms with van der Waals surface area (Å²) >= 11 is 5.95. The van der Waals surface area contributed by atoms with Crippen molar-refractivity contribution in [2.45, 2.75) is 19.6 Å². The van der Waals surface area contributed by atoms with E-state index in [1.54, 1.807) is 42.6 Å². The molecule has 8 heteroatoms. The van der Waals surface area contributed by atoms with Gasteiger partial charge in [-0.15, -0.1) is 0 Å². The molecule has 0 saturated carbocycles. The number of aromatic nitrogens is 1. The zero-order chi connectivity index (χ0) is 23.6. The second-order valence-electron chi connectivity index (χ2n) is 6.89. The highest BCUT2D eigenvalue weighted by atomic mass is 35.5. The SMILES string of the molecule is CC(OC(=O)C=Cc1ccc(OCc2ccccn2)cc1)C(=O)Nc1ccc(C#N)c(Cl)c1. The second-order valence-corrected chi connectivity index (χ2v) is 7.29. The number of ether oxygens (including phenoxy) is 2. The summed E-state index contributed by atoms with van der Waals surface area (Å²) in [6.07, 6.45) is 3.50. The monoisotopic (exact) mass is 461 g/mol. The van der Waals surface area contributed by atoms with Crippen LogP contribution in [0.3, 0.4) is 0 Å². The fraction of sp³-hybridized carbons (Fsp3) is 0.120. The Labute approximate surface area is 196 Å². The first-order valence-corrected chi connectivity index (χ1v) is 10.3. The Bertz CT molecular complexity index is 1190. The van der Waals surface area contributed by atoms with E-state index in [4.69, 9.17) is 26.3 Å². The molecule has 7 nitrogen and oxygen atoms in total. The van der Waals surface area contributed by atoms with Gasteiger partial charge in [0.1, 0.15) is 18.4 Å². The van der Waals surface area contributed by atoms with E-state index in [0.717, 1.165) is 11.3 Å². The summed E-state index contributed by atoms with van der Waals surface area (Å²) in [6.45, 7) is 1.82. The van der Waals surface area contributed by atoms with Crippen molar-refractivity contribution in [3.63, 3.8) is 0 Å². The molecule has 3 rings (SSSR count). The van der Waals surface area contributed by atoms with Crippen LogP contribution in [0, 0.1) is 11.3 Å². The van der Waals surface area contributed by atoms with E-state index in [1.807, 2.05) is 24.3 Å². The third-order valence-electron chi connectivity index (χ3n) is 4.42. The lowest BCUT2D eigenvalue weighted by atomic mass is 10.2. The maximum absolute atomic E-state index is 12.3. The van der Waals surface area contributed by atoms with Crippen molar-refractivity contribution in [3.8, 4) is 11.8 Å². The number of nitrogens with zero attached hydrogens (tertiary/aromatic N) is 2. The summed E-state index contributed by atoms with van der Waals surface area (Å²) < 4.78 is 10.8. The Morgan fingerprint density at radius 1 is 1.18 bits per heavy atom. The molecule has 0 bridgehead atoms. The van der Waals surface area contributed by atoms with Crippen LogP contribution in [0.5, 0.6) is 5.75 Å². The van der Waals surface area contributed by atoms with Crippen LogP contribution in [0.25, 0.3) is 6.08 Å². The first kappa shape index (κ1) is 23.5. The highest BCUT2D eigenvalue weighted by Gasteiger charge is 2.17. The summed E-state index contributed by atoms with van der Waals surface area (Å²) in [5, 5.41) is 11.7. The molecule has 0 fully saturated rings. The van der Waals surface area contributed by atoms with Crippen molar-refractivity contribution in [2.75, 3.05) is 5.32 Å². The quantitative estimate of drug-likeness (QED) is 0.383. The van der Waals surface area contributed by atoms with Gasteiger partial charge in [-0.3, -0.25) is 9.78 Å². The number of benzene rings is 2. The number of nitriles is 1. The van der Waals surface area contributed by atoms with Crippen LogP contribution in [-0.2, 0) is 20.9 Å². The van der Waals surface area contributed by atoms with Crippen molar-refractivity contribution >= 4 is 35.2 Å². The van der Waals surface area contributed by atoms with E-state index in [0.29, 0.717) is 23.6 Å². The highest BCUT2D eigenvalue weighted by Crippen LogP contribution is 2.20. The number of anilines is 1. The summed E-state index contributed by atoms with van der Waals surface area (Å²) in [6, 6.07) is 19.2. The minimum atomic E-state index is -1.03. The highest BCUT2D eigenvalue weighted by molar-refractivity contribution is 6.32. The topological polar surface area (TPSA) is 101 Å². The first-order chi connectivity index (χ1) is 15.9. The largest absolute Gasteiger partial charge is 0.487 e. The zero-order valence-electron chi connectivity index (χ0n) is 17.7. The molecule has 1 atom stereocenters. The lowest BCUT2D eigenvalue weighted by molar-refractivity contribution is -0.148. The maximum atomic E-state index is 12.3. The molecular weight excluding hydrogens is 442 g/mol. The molecule has 0 aliphatic rings. The molecule has 1 amide bonds. The predicted octanol–water partition coefficient (Wildman–Crippen LogP) is 4.77. The fourth-order valence-corrected chi connectivity index (χ4v) is 2.90. The Morgan fingerprint density at radius 3 is 2.64 bits per heavy atom. The molecule has 1 N–H and O–H groups in total. The van der Waals surface area contributed by atoms with Gasteiger partial charge in [-0.2, -0.15) is 5.26 Å². The van der Waals surface area contributed by atoms with E-state index in [9.17, 15) is 9.59 Å². The molecule has 0 aliphatic heterocycles. The Morgan fingerprint density at radius 2 is 1.97 bits per heavy atom. The Balaban J connectivity index is 1.48. The van der Waals surface area contributed by atoms with Crippen molar-refractivity contribution in [1.82, 2.24) is 4.98 Å². The van der Waals surface area contributed by atoms with Crippen LogP contribution in [-0.4, -0.2) is 23.0 Å². The van der Waals surface area contributed by atoms with E-state index in [-0.39, 0.29) is 5.02 Å². The molecule has 0 saturated heterocycles. The molecule has 33 heavy (non-hydrogen) atoms. The van der Waals surface area contributed by atoms with Crippen LogP contribution in [0.4, 0.5) is 5.69 Å². The van der Waals surface area contributed by atoms with Crippen molar-refractivity contribution in [2.24, 2.45) is 0 Å². The number of carbonyl (C=O) groups excluding carboxylic acids is 2. The van der Waals surface area contributed by atoms with Crippen molar-refractivity contribution < 1.29 is 19.1 Å². The standard InChI is InChI=1S/C25H20ClN3O4/c1-17(25(31)29-20-9-8-19(15-27)23(26)14-20)33-24(30)12-7-18-5-10-22(11-6-18)32-16-21-4-2-3-13-28-21/h2-14,17H,16H2,1H3,(H,29,31). The number of carbonyl (C=O) groups is 2. The molecule has 1 aromatic heterocycles. The molecular formula is C25H20ClN3O4. The second kappa shape index (κ2) is 11.5. The van der Waals surface area contributed by atoms with E-state index >= 15 is 0 Å². The Kier molecular flexibility index (Phi) is 8.17. The average Bonchev–Trinajstić information content (AvgIpc) is 2.83. The van der Waals surface area contributed by atoms with Crippen LogP contribution in [0.2, 0.25) is 5.02 Å². The fourth-order valence-electron chi connectivity index (χ4n) is 2.67. The normalized spacial score (nSPS) is 11.4. The molecule has 0 aliphatic carbocycles. The maximum Gasteiger partial charge on any atom is 0.331 e. The van der Waals surface area contributed by atoms with Gasteiger partial charge in [-0.05, 0) is 61.0 Å². The molecule has 0 radical (unpaired) electrons. The van der Waals surface area contributed by atoms with Gasteiger partial charge in [-0.1, -0.05) is 29.8 Å². The number of hydrogen-bond donors (Lipinski definition) is 1. The third-order valence-corrected chi connectivity index (χ3v) is 4.74. The number of pyridine rings is 1. The number of esters is 1. The third kappa shape index (κ3) is 7.20.